The van der Waals surface area contributed by atoms with E-state index in [4.69, 9.17) is 23.7 Å². The highest BCUT2D eigenvalue weighted by atomic mass is 16.6. The highest BCUT2D eigenvalue weighted by Crippen LogP contribution is 2.02. The molecule has 14 nitrogen and oxygen atoms in total. The van der Waals surface area contributed by atoms with Gasteiger partial charge in [-0.3, -0.25) is 14.7 Å². The van der Waals surface area contributed by atoms with Gasteiger partial charge >= 0.3 is 0 Å². The fourth-order valence-electron chi connectivity index (χ4n) is 3.14. The number of rotatable bonds is 24. The molecule has 0 aliphatic heterocycles. The molecule has 0 bridgehead atoms. The molecule has 0 heterocycles. The minimum absolute atomic E-state index is 0. The van der Waals surface area contributed by atoms with Gasteiger partial charge in [-0.2, -0.15) is 0 Å². The molecule has 0 aromatic heterocycles. The molecule has 0 amide bonds. The Morgan fingerprint density at radius 3 is 1.08 bits per heavy atom. The van der Waals surface area contributed by atoms with Gasteiger partial charge < -0.3 is 54.5 Å². The van der Waals surface area contributed by atoms with Gasteiger partial charge in [-0.1, -0.05) is 14.9 Å². The van der Waals surface area contributed by atoms with E-state index in [2.05, 4.69) is 10.2 Å². The second-order valence-electron chi connectivity index (χ2n) is 8.02. The summed E-state index contributed by atoms with van der Waals surface area (Å²) in [5.74, 6) is 0. The molecule has 0 aliphatic carbocycles. The van der Waals surface area contributed by atoms with Crippen LogP contribution in [0, 0.1) is 0 Å². The van der Waals surface area contributed by atoms with Gasteiger partial charge in [0.25, 0.3) is 0 Å². The number of hydrogen-bond donors (Lipinski definition) is 6. The molecule has 0 fully saturated rings. The monoisotopic (exact) mass is 548 g/mol. The van der Waals surface area contributed by atoms with E-state index in [1.165, 1.54) is 35.5 Å². The standard InChI is InChI=1S/C21H48N4O10.2CH4/c1-31-17(26)12-22-6-7-23(8-10-24(13-18(27)32-2)14-19(28)33-3)9-11-25(15-20(29)34-4)16-21(30)35-5;;/h17-22,26-30H,6-16H2,1-5H3;2*1H4. The predicted octanol–water partition coefficient (Wildman–Crippen LogP) is -2.42. The number of nitrogens with one attached hydrogen (secondary N) is 1. The van der Waals surface area contributed by atoms with Gasteiger partial charge in [-0.25, -0.2) is 0 Å². The molecule has 6 N–H and O–H groups in total. The van der Waals surface area contributed by atoms with Crippen LogP contribution in [0.25, 0.3) is 0 Å². The number of hydrogen-bond acceptors (Lipinski definition) is 14. The minimum atomic E-state index is -1.01. The van der Waals surface area contributed by atoms with Crippen molar-refractivity contribution in [3.63, 3.8) is 0 Å². The summed E-state index contributed by atoms with van der Waals surface area (Å²) in [6, 6.07) is 0. The molecule has 0 saturated heterocycles. The summed E-state index contributed by atoms with van der Waals surface area (Å²) in [6.07, 6.45) is -4.93. The molecular formula is C23H56N4O10. The van der Waals surface area contributed by atoms with Crippen molar-refractivity contribution in [1.29, 1.82) is 0 Å². The van der Waals surface area contributed by atoms with Crippen LogP contribution in [0.3, 0.4) is 0 Å². The predicted molar refractivity (Wildman–Crippen MR) is 141 cm³/mol. The Morgan fingerprint density at radius 2 is 0.784 bits per heavy atom. The van der Waals surface area contributed by atoms with Crippen molar-refractivity contribution in [2.45, 2.75) is 46.3 Å². The van der Waals surface area contributed by atoms with E-state index < -0.39 is 31.5 Å². The van der Waals surface area contributed by atoms with Crippen molar-refractivity contribution in [1.82, 2.24) is 20.0 Å². The Balaban J connectivity index is -0.00000578. The molecule has 228 valence electrons. The van der Waals surface area contributed by atoms with E-state index in [0.717, 1.165) is 0 Å². The van der Waals surface area contributed by atoms with Crippen LogP contribution < -0.4 is 5.32 Å². The SMILES string of the molecule is C.C.COC(O)CNCCN(CCN(CC(O)OC)CC(O)OC)CCN(CC(O)OC)CC(O)OC. The van der Waals surface area contributed by atoms with E-state index in [1.807, 2.05) is 9.80 Å². The van der Waals surface area contributed by atoms with Gasteiger partial charge in [0, 0.05) is 108 Å². The van der Waals surface area contributed by atoms with Gasteiger partial charge in [-0.15, -0.1) is 0 Å². The van der Waals surface area contributed by atoms with Crippen LogP contribution >= 0.6 is 0 Å². The van der Waals surface area contributed by atoms with Crippen molar-refractivity contribution in [2.24, 2.45) is 0 Å². The Kier molecular flexibility index (Phi) is 28.4. The van der Waals surface area contributed by atoms with Crippen LogP contribution in [0.15, 0.2) is 0 Å². The second-order valence-corrected chi connectivity index (χ2v) is 8.02. The zero-order chi connectivity index (χ0) is 26.6. The van der Waals surface area contributed by atoms with Crippen LogP contribution in [0.5, 0.6) is 0 Å². The van der Waals surface area contributed by atoms with E-state index in [1.54, 1.807) is 0 Å². The number of ether oxygens (including phenoxy) is 5. The van der Waals surface area contributed by atoms with E-state index in [9.17, 15) is 25.5 Å². The van der Waals surface area contributed by atoms with E-state index in [0.29, 0.717) is 39.3 Å². The van der Waals surface area contributed by atoms with Crippen LogP contribution in [0.2, 0.25) is 0 Å². The van der Waals surface area contributed by atoms with Crippen molar-refractivity contribution in [3.8, 4) is 0 Å². The van der Waals surface area contributed by atoms with Crippen LogP contribution in [-0.2, 0) is 23.7 Å². The first kappa shape index (κ1) is 40.9. The maximum atomic E-state index is 9.90. The lowest BCUT2D eigenvalue weighted by molar-refractivity contribution is -0.122. The quantitative estimate of drug-likeness (QED) is 0.0556. The third-order valence-corrected chi connectivity index (χ3v) is 5.41. The zero-order valence-corrected chi connectivity index (χ0v) is 21.8. The van der Waals surface area contributed by atoms with Gasteiger partial charge in [0.1, 0.15) is 0 Å². The van der Waals surface area contributed by atoms with Crippen molar-refractivity contribution >= 4 is 0 Å². The molecule has 0 aromatic rings. The zero-order valence-electron chi connectivity index (χ0n) is 21.8. The molecule has 0 aromatic carbocycles. The molecule has 14 heteroatoms. The largest absolute Gasteiger partial charge is 0.367 e. The summed E-state index contributed by atoms with van der Waals surface area (Å²) in [4.78, 5) is 5.81. The van der Waals surface area contributed by atoms with Crippen LogP contribution in [0.1, 0.15) is 14.9 Å². The lowest BCUT2D eigenvalue weighted by Gasteiger charge is -2.32. The summed E-state index contributed by atoms with van der Waals surface area (Å²) in [7, 11) is 7.03. The molecule has 5 atom stereocenters. The topological polar surface area (TPSA) is 169 Å². The summed E-state index contributed by atoms with van der Waals surface area (Å²) >= 11 is 0. The minimum Gasteiger partial charge on any atom is -0.367 e. The number of nitrogens with zero attached hydrogens (tertiary/aromatic N) is 3. The summed E-state index contributed by atoms with van der Waals surface area (Å²) in [5.41, 5.74) is 0. The summed E-state index contributed by atoms with van der Waals surface area (Å²) < 4.78 is 24.6. The van der Waals surface area contributed by atoms with Gasteiger partial charge in [0.2, 0.25) is 0 Å². The molecule has 37 heavy (non-hydrogen) atoms. The Labute approximate surface area is 223 Å². The smallest absolute Gasteiger partial charge is 0.166 e. The first-order valence-electron chi connectivity index (χ1n) is 11.6. The van der Waals surface area contributed by atoms with Crippen molar-refractivity contribution < 1.29 is 49.2 Å². The lowest BCUT2D eigenvalue weighted by Crippen LogP contribution is -2.47. The third-order valence-electron chi connectivity index (χ3n) is 5.41. The highest BCUT2D eigenvalue weighted by Gasteiger charge is 2.19. The highest BCUT2D eigenvalue weighted by molar-refractivity contribution is 4.70. The lowest BCUT2D eigenvalue weighted by atomic mass is 10.3. The Morgan fingerprint density at radius 1 is 0.486 bits per heavy atom. The summed E-state index contributed by atoms with van der Waals surface area (Å²) in [5, 5.41) is 52.3. The molecular weight excluding hydrogens is 492 g/mol. The third kappa shape index (κ3) is 22.0. The molecule has 0 spiro atoms. The van der Waals surface area contributed by atoms with Gasteiger partial charge in [-0.05, 0) is 0 Å². The molecule has 0 saturated carbocycles. The van der Waals surface area contributed by atoms with Gasteiger partial charge in [0.15, 0.2) is 31.5 Å². The average molecular weight is 549 g/mol. The normalized spacial score (nSPS) is 15.8. The summed E-state index contributed by atoms with van der Waals surface area (Å²) in [6.45, 7) is 4.40. The average Bonchev–Trinajstić information content (AvgIpc) is 2.86. The maximum Gasteiger partial charge on any atom is 0.166 e. The number of methoxy groups -OCH3 is 5. The molecule has 5 unspecified atom stereocenters. The van der Waals surface area contributed by atoms with Crippen molar-refractivity contribution in [2.75, 3.05) is 108 Å². The molecule has 0 radical (unpaired) electrons. The number of aliphatic hydroxyl groups is 5. The Hall–Kier alpha value is -0.560. The number of aliphatic hydroxyl groups excluding tert-OH is 5. The molecule has 0 aliphatic rings. The maximum absolute atomic E-state index is 9.90. The fraction of sp³-hybridized carbons (Fsp3) is 1.00. The van der Waals surface area contributed by atoms with Gasteiger partial charge in [0.05, 0.1) is 0 Å². The van der Waals surface area contributed by atoms with Crippen LogP contribution in [0.4, 0.5) is 0 Å². The Bertz CT molecular complexity index is 431. The fourth-order valence-corrected chi connectivity index (χ4v) is 3.14. The van der Waals surface area contributed by atoms with E-state index in [-0.39, 0.29) is 47.6 Å². The van der Waals surface area contributed by atoms with E-state index >= 15 is 0 Å². The van der Waals surface area contributed by atoms with Crippen LogP contribution in [-0.4, -0.2) is 179 Å². The first-order valence-corrected chi connectivity index (χ1v) is 11.6. The molecule has 0 rings (SSSR count). The first-order chi connectivity index (χ1) is 16.7. The second kappa shape index (κ2) is 25.7. The van der Waals surface area contributed by atoms with Crippen molar-refractivity contribution in [3.05, 3.63) is 0 Å².